The van der Waals surface area contributed by atoms with Crippen LogP contribution in [0.25, 0.3) is 0 Å². The number of carbonyl (C=O) groups is 1. The number of carbonyl (C=O) groups excluding carboxylic acids is 1. The maximum atomic E-state index is 12.8. The van der Waals surface area contributed by atoms with E-state index in [4.69, 9.17) is 0 Å². The molecule has 0 heterocycles. The van der Waals surface area contributed by atoms with Gasteiger partial charge in [0, 0.05) is 5.92 Å². The van der Waals surface area contributed by atoms with Crippen molar-refractivity contribution in [3.63, 3.8) is 0 Å². The zero-order valence-corrected chi connectivity index (χ0v) is 5.97. The van der Waals surface area contributed by atoms with Gasteiger partial charge in [0.15, 0.2) is 6.17 Å². The molecule has 1 aliphatic carbocycles. The maximum Gasteiger partial charge on any atom is 0.340 e. The fraction of sp³-hybridized carbons (Fsp3) is 0.857. The Balaban J connectivity index is 2.31. The molecule has 1 rings (SSSR count). The van der Waals surface area contributed by atoms with Gasteiger partial charge in [-0.2, -0.15) is 0 Å². The highest BCUT2D eigenvalue weighted by molar-refractivity contribution is 5.74. The number of halogens is 1. The molecule has 3 heteroatoms. The lowest BCUT2D eigenvalue weighted by molar-refractivity contribution is -0.150. The average Bonchev–Trinajstić information content (AvgIpc) is 1.82. The fourth-order valence-electron chi connectivity index (χ4n) is 1.04. The van der Waals surface area contributed by atoms with Crippen LogP contribution in [-0.2, 0) is 9.53 Å². The Hall–Kier alpha value is -0.600. The van der Waals surface area contributed by atoms with E-state index in [0.29, 0.717) is 0 Å². The van der Waals surface area contributed by atoms with Crippen molar-refractivity contribution in [3.8, 4) is 0 Å². The van der Waals surface area contributed by atoms with Crippen molar-refractivity contribution in [1.29, 1.82) is 0 Å². The van der Waals surface area contributed by atoms with E-state index in [1.165, 1.54) is 7.11 Å². The standard InChI is InChI=1S/C7H11FO2/c1-10-7(9)6(8)5-3-2-4-5/h5-6H,2-4H2,1H3. The van der Waals surface area contributed by atoms with Gasteiger partial charge in [-0.1, -0.05) is 6.42 Å². The Morgan fingerprint density at radius 1 is 1.70 bits per heavy atom. The molecule has 1 saturated carbocycles. The maximum absolute atomic E-state index is 12.8. The minimum absolute atomic E-state index is 0.0625. The molecule has 0 saturated heterocycles. The van der Waals surface area contributed by atoms with E-state index in [-0.39, 0.29) is 5.92 Å². The van der Waals surface area contributed by atoms with Gasteiger partial charge < -0.3 is 4.74 Å². The molecule has 1 aliphatic rings. The second kappa shape index (κ2) is 2.99. The van der Waals surface area contributed by atoms with Crippen LogP contribution in [0.4, 0.5) is 4.39 Å². The van der Waals surface area contributed by atoms with E-state index in [1.54, 1.807) is 0 Å². The first kappa shape index (κ1) is 7.51. The van der Waals surface area contributed by atoms with Crippen LogP contribution in [0.5, 0.6) is 0 Å². The van der Waals surface area contributed by atoms with E-state index in [2.05, 4.69) is 4.74 Å². The number of hydrogen-bond donors (Lipinski definition) is 0. The number of esters is 1. The van der Waals surface area contributed by atoms with E-state index in [0.717, 1.165) is 19.3 Å². The van der Waals surface area contributed by atoms with Crippen LogP contribution < -0.4 is 0 Å². The molecule has 0 N–H and O–H groups in total. The molecule has 1 unspecified atom stereocenters. The molecule has 0 aromatic rings. The lowest BCUT2D eigenvalue weighted by Crippen LogP contribution is -2.31. The number of ether oxygens (including phenoxy) is 1. The monoisotopic (exact) mass is 146 g/mol. The predicted molar refractivity (Wildman–Crippen MR) is 34.3 cm³/mol. The molecule has 0 aliphatic heterocycles. The first-order valence-corrected chi connectivity index (χ1v) is 3.47. The smallest absolute Gasteiger partial charge is 0.340 e. The zero-order valence-electron chi connectivity index (χ0n) is 5.97. The summed E-state index contributed by atoms with van der Waals surface area (Å²) in [7, 11) is 1.22. The number of hydrogen-bond acceptors (Lipinski definition) is 2. The van der Waals surface area contributed by atoms with Crippen LogP contribution in [0.1, 0.15) is 19.3 Å². The van der Waals surface area contributed by atoms with Crippen LogP contribution in [-0.4, -0.2) is 19.3 Å². The fourth-order valence-corrected chi connectivity index (χ4v) is 1.04. The van der Waals surface area contributed by atoms with Crippen molar-refractivity contribution in [2.75, 3.05) is 7.11 Å². The van der Waals surface area contributed by atoms with Gasteiger partial charge in [-0.3, -0.25) is 0 Å². The molecule has 1 fully saturated rings. The van der Waals surface area contributed by atoms with Crippen molar-refractivity contribution in [3.05, 3.63) is 0 Å². The molecular formula is C7H11FO2. The summed E-state index contributed by atoms with van der Waals surface area (Å²) in [4.78, 5) is 10.5. The second-order valence-electron chi connectivity index (χ2n) is 2.62. The van der Waals surface area contributed by atoms with Crippen LogP contribution in [0.2, 0.25) is 0 Å². The van der Waals surface area contributed by atoms with Crippen LogP contribution in [0, 0.1) is 5.92 Å². The van der Waals surface area contributed by atoms with E-state index in [1.807, 2.05) is 0 Å². The first-order valence-electron chi connectivity index (χ1n) is 3.47. The third-order valence-corrected chi connectivity index (χ3v) is 1.99. The largest absolute Gasteiger partial charge is 0.467 e. The summed E-state index contributed by atoms with van der Waals surface area (Å²) in [6.45, 7) is 0. The van der Waals surface area contributed by atoms with Crippen molar-refractivity contribution >= 4 is 5.97 Å². The normalized spacial score (nSPS) is 21.4. The molecule has 10 heavy (non-hydrogen) atoms. The zero-order chi connectivity index (χ0) is 7.56. The van der Waals surface area contributed by atoms with Gasteiger partial charge in [0.2, 0.25) is 0 Å². The summed E-state index contributed by atoms with van der Waals surface area (Å²) in [5.74, 6) is -0.780. The Morgan fingerprint density at radius 2 is 2.30 bits per heavy atom. The van der Waals surface area contributed by atoms with Gasteiger partial charge in [0.05, 0.1) is 7.11 Å². The number of rotatable bonds is 2. The minimum Gasteiger partial charge on any atom is -0.467 e. The van der Waals surface area contributed by atoms with Crippen LogP contribution in [0.3, 0.4) is 0 Å². The van der Waals surface area contributed by atoms with Gasteiger partial charge in [-0.25, -0.2) is 9.18 Å². The van der Waals surface area contributed by atoms with Crippen molar-refractivity contribution < 1.29 is 13.9 Å². The van der Waals surface area contributed by atoms with E-state index >= 15 is 0 Å². The lowest BCUT2D eigenvalue weighted by atomic mass is 9.82. The number of methoxy groups -OCH3 is 1. The second-order valence-corrected chi connectivity index (χ2v) is 2.62. The first-order chi connectivity index (χ1) is 4.75. The summed E-state index contributed by atoms with van der Waals surface area (Å²) < 4.78 is 17.0. The summed E-state index contributed by atoms with van der Waals surface area (Å²) in [5, 5.41) is 0. The third-order valence-electron chi connectivity index (χ3n) is 1.99. The Bertz CT molecular complexity index is 132. The Kier molecular flexibility index (Phi) is 2.25. The van der Waals surface area contributed by atoms with E-state index in [9.17, 15) is 9.18 Å². The van der Waals surface area contributed by atoms with Crippen LogP contribution >= 0.6 is 0 Å². The van der Waals surface area contributed by atoms with Crippen molar-refractivity contribution in [2.45, 2.75) is 25.4 Å². The van der Waals surface area contributed by atoms with Crippen molar-refractivity contribution in [2.24, 2.45) is 5.92 Å². The molecular weight excluding hydrogens is 135 g/mol. The van der Waals surface area contributed by atoms with Gasteiger partial charge in [-0.15, -0.1) is 0 Å². The molecule has 0 aromatic carbocycles. The van der Waals surface area contributed by atoms with Gasteiger partial charge in [0.1, 0.15) is 0 Å². The average molecular weight is 146 g/mol. The van der Waals surface area contributed by atoms with Crippen LogP contribution in [0.15, 0.2) is 0 Å². The number of alkyl halides is 1. The Labute approximate surface area is 59.4 Å². The molecule has 2 nitrogen and oxygen atoms in total. The summed E-state index contributed by atoms with van der Waals surface area (Å²) in [6.07, 6.45) is 1.33. The van der Waals surface area contributed by atoms with E-state index < -0.39 is 12.1 Å². The van der Waals surface area contributed by atoms with Gasteiger partial charge in [-0.05, 0) is 12.8 Å². The van der Waals surface area contributed by atoms with Gasteiger partial charge in [0.25, 0.3) is 0 Å². The SMILES string of the molecule is COC(=O)C(F)C1CCC1. The quantitative estimate of drug-likeness (QED) is 0.549. The molecule has 0 bridgehead atoms. The summed E-state index contributed by atoms with van der Waals surface area (Å²) in [5.41, 5.74) is 0. The minimum atomic E-state index is -1.38. The Morgan fingerprint density at radius 3 is 2.60 bits per heavy atom. The molecule has 1 atom stereocenters. The topological polar surface area (TPSA) is 26.3 Å². The highest BCUT2D eigenvalue weighted by Gasteiger charge is 2.32. The lowest BCUT2D eigenvalue weighted by Gasteiger charge is -2.26. The molecule has 0 spiro atoms. The highest BCUT2D eigenvalue weighted by atomic mass is 19.1. The molecule has 58 valence electrons. The molecule has 0 aromatic heterocycles. The van der Waals surface area contributed by atoms with Crippen molar-refractivity contribution in [1.82, 2.24) is 0 Å². The summed E-state index contributed by atoms with van der Waals surface area (Å²) in [6, 6.07) is 0. The predicted octanol–water partition coefficient (Wildman–Crippen LogP) is 1.30. The molecule has 0 radical (unpaired) electrons. The highest BCUT2D eigenvalue weighted by Crippen LogP contribution is 2.31. The third kappa shape index (κ3) is 1.28. The summed E-state index contributed by atoms with van der Waals surface area (Å²) >= 11 is 0. The van der Waals surface area contributed by atoms with Gasteiger partial charge >= 0.3 is 5.97 Å². The molecule has 0 amide bonds.